The molecule has 0 radical (unpaired) electrons. The van der Waals surface area contributed by atoms with Gasteiger partial charge in [0.15, 0.2) is 0 Å². The number of benzene rings is 2. The van der Waals surface area contributed by atoms with Crippen LogP contribution in [-0.2, 0) is 9.59 Å². The SMILES string of the molecule is C/C(C=O)=C\c1ccccc1.CCCCCC/C(C=O)=C\c1ccccc1. The Morgan fingerprint density at radius 2 is 1.30 bits per heavy atom. The second-order valence-corrected chi connectivity index (χ2v) is 6.48. The van der Waals surface area contributed by atoms with Crippen molar-refractivity contribution in [1.82, 2.24) is 0 Å². The van der Waals surface area contributed by atoms with Crippen LogP contribution >= 0.6 is 0 Å². The van der Waals surface area contributed by atoms with Gasteiger partial charge in [0, 0.05) is 0 Å². The highest BCUT2D eigenvalue weighted by Crippen LogP contribution is 2.12. The minimum Gasteiger partial charge on any atom is -0.298 e. The Kier molecular flexibility index (Phi) is 11.9. The van der Waals surface area contributed by atoms with Crippen molar-refractivity contribution in [2.24, 2.45) is 0 Å². The lowest BCUT2D eigenvalue weighted by Gasteiger charge is -2.00. The van der Waals surface area contributed by atoms with Gasteiger partial charge in [0.1, 0.15) is 12.6 Å². The molecule has 142 valence electrons. The first-order chi connectivity index (χ1) is 13.2. The molecule has 0 unspecified atom stereocenters. The zero-order valence-corrected chi connectivity index (χ0v) is 16.4. The molecule has 0 aliphatic heterocycles. The number of carbonyl (C=O) groups is 2. The maximum Gasteiger partial charge on any atom is 0.146 e. The van der Waals surface area contributed by atoms with E-state index in [-0.39, 0.29) is 0 Å². The van der Waals surface area contributed by atoms with E-state index in [1.165, 1.54) is 19.3 Å². The normalized spacial score (nSPS) is 11.3. The Morgan fingerprint density at radius 3 is 1.78 bits per heavy atom. The fraction of sp³-hybridized carbons (Fsp3) is 0.280. The molecule has 0 atom stereocenters. The predicted molar refractivity (Wildman–Crippen MR) is 115 cm³/mol. The highest BCUT2D eigenvalue weighted by molar-refractivity contribution is 5.81. The number of hydrogen-bond donors (Lipinski definition) is 0. The van der Waals surface area contributed by atoms with Crippen LogP contribution in [0.15, 0.2) is 71.8 Å². The highest BCUT2D eigenvalue weighted by Gasteiger charge is 1.96. The minimum atomic E-state index is 0.746. The first kappa shape index (κ1) is 22.3. The molecule has 0 saturated heterocycles. The summed E-state index contributed by atoms with van der Waals surface area (Å²) >= 11 is 0. The molecule has 0 aromatic heterocycles. The van der Waals surface area contributed by atoms with E-state index in [1.807, 2.05) is 72.8 Å². The fourth-order valence-corrected chi connectivity index (χ4v) is 2.53. The van der Waals surface area contributed by atoms with Crippen LogP contribution in [0.2, 0.25) is 0 Å². The molecule has 2 heteroatoms. The van der Waals surface area contributed by atoms with Crippen molar-refractivity contribution in [3.05, 3.63) is 82.9 Å². The average molecular weight is 363 g/mol. The van der Waals surface area contributed by atoms with Crippen LogP contribution < -0.4 is 0 Å². The predicted octanol–water partition coefficient (Wildman–Crippen LogP) is 6.53. The third kappa shape index (κ3) is 10.8. The summed E-state index contributed by atoms with van der Waals surface area (Å²) in [5.41, 5.74) is 3.83. The van der Waals surface area contributed by atoms with E-state index >= 15 is 0 Å². The minimum absolute atomic E-state index is 0.746. The lowest BCUT2D eigenvalue weighted by Crippen LogP contribution is -1.86. The van der Waals surface area contributed by atoms with Gasteiger partial charge in [-0.15, -0.1) is 0 Å². The molecule has 0 heterocycles. The smallest absolute Gasteiger partial charge is 0.146 e. The number of unbranched alkanes of at least 4 members (excludes halogenated alkanes) is 3. The van der Waals surface area contributed by atoms with Crippen LogP contribution in [0.1, 0.15) is 57.1 Å². The molecule has 0 spiro atoms. The first-order valence-electron chi connectivity index (χ1n) is 9.59. The molecule has 0 saturated carbocycles. The molecule has 0 bridgehead atoms. The van der Waals surface area contributed by atoms with E-state index in [0.29, 0.717) is 0 Å². The second kappa shape index (κ2) is 14.4. The molecule has 2 aromatic rings. The zero-order chi connectivity index (χ0) is 19.7. The largest absolute Gasteiger partial charge is 0.298 e. The Labute approximate surface area is 163 Å². The molecule has 0 N–H and O–H groups in total. The third-order valence-electron chi connectivity index (χ3n) is 4.00. The van der Waals surface area contributed by atoms with Crippen molar-refractivity contribution in [2.45, 2.75) is 46.0 Å². The summed E-state index contributed by atoms with van der Waals surface area (Å²) in [4.78, 5) is 21.1. The summed E-state index contributed by atoms with van der Waals surface area (Å²) in [7, 11) is 0. The molecule has 0 fully saturated rings. The summed E-state index contributed by atoms with van der Waals surface area (Å²) in [6.07, 6.45) is 11.4. The number of hydrogen-bond acceptors (Lipinski definition) is 2. The van der Waals surface area contributed by atoms with Crippen molar-refractivity contribution in [2.75, 3.05) is 0 Å². The van der Waals surface area contributed by atoms with E-state index in [1.54, 1.807) is 6.92 Å². The number of allylic oxidation sites excluding steroid dienone is 2. The van der Waals surface area contributed by atoms with Gasteiger partial charge in [-0.05, 0) is 54.2 Å². The van der Waals surface area contributed by atoms with Crippen LogP contribution in [0.4, 0.5) is 0 Å². The van der Waals surface area contributed by atoms with Gasteiger partial charge in [-0.3, -0.25) is 9.59 Å². The third-order valence-corrected chi connectivity index (χ3v) is 4.00. The van der Waals surface area contributed by atoms with E-state index in [9.17, 15) is 9.59 Å². The van der Waals surface area contributed by atoms with E-state index in [2.05, 4.69) is 6.92 Å². The van der Waals surface area contributed by atoms with Crippen LogP contribution in [0.25, 0.3) is 12.2 Å². The number of carbonyl (C=O) groups excluding carboxylic acids is 2. The van der Waals surface area contributed by atoms with E-state index in [4.69, 9.17) is 0 Å². The standard InChI is InChI=1S/C15H20O.C10H10O/c1-2-3-4-6-11-15(13-16)12-14-9-7-5-8-10-14;1-9(8-11)7-10-5-3-2-4-6-10/h5,7-10,12-13H,2-4,6,11H2,1H3;2-8H,1H3/b15-12+;9-7+. The van der Waals surface area contributed by atoms with E-state index in [0.717, 1.165) is 47.7 Å². The second-order valence-electron chi connectivity index (χ2n) is 6.48. The Morgan fingerprint density at radius 1 is 0.741 bits per heavy atom. The monoisotopic (exact) mass is 362 g/mol. The maximum absolute atomic E-state index is 10.9. The van der Waals surface area contributed by atoms with Gasteiger partial charge in [0.05, 0.1) is 0 Å². The maximum atomic E-state index is 10.9. The van der Waals surface area contributed by atoms with Crippen molar-refractivity contribution >= 4 is 24.7 Å². The number of rotatable bonds is 9. The lowest BCUT2D eigenvalue weighted by atomic mass is 10.0. The van der Waals surface area contributed by atoms with Crippen LogP contribution in [0.3, 0.4) is 0 Å². The molecular formula is C25H30O2. The van der Waals surface area contributed by atoms with Crippen molar-refractivity contribution in [3.63, 3.8) is 0 Å². The van der Waals surface area contributed by atoms with Crippen LogP contribution in [0, 0.1) is 0 Å². The Balaban J connectivity index is 0.000000289. The zero-order valence-electron chi connectivity index (χ0n) is 16.4. The van der Waals surface area contributed by atoms with Gasteiger partial charge in [-0.1, -0.05) is 86.8 Å². The molecule has 0 aliphatic rings. The first-order valence-corrected chi connectivity index (χ1v) is 9.59. The van der Waals surface area contributed by atoms with Gasteiger partial charge in [-0.2, -0.15) is 0 Å². The van der Waals surface area contributed by atoms with Crippen LogP contribution in [-0.4, -0.2) is 12.6 Å². The topological polar surface area (TPSA) is 34.1 Å². The van der Waals surface area contributed by atoms with Crippen LogP contribution in [0.5, 0.6) is 0 Å². The highest BCUT2D eigenvalue weighted by atomic mass is 16.1. The van der Waals surface area contributed by atoms with Gasteiger partial charge in [-0.25, -0.2) is 0 Å². The quantitative estimate of drug-likeness (QED) is 0.289. The van der Waals surface area contributed by atoms with E-state index < -0.39 is 0 Å². The fourth-order valence-electron chi connectivity index (χ4n) is 2.53. The summed E-state index contributed by atoms with van der Waals surface area (Å²) < 4.78 is 0. The number of aldehydes is 2. The van der Waals surface area contributed by atoms with Crippen molar-refractivity contribution in [1.29, 1.82) is 0 Å². The van der Waals surface area contributed by atoms with Gasteiger partial charge in [0.25, 0.3) is 0 Å². The summed E-state index contributed by atoms with van der Waals surface area (Å²) in [6.45, 7) is 3.99. The van der Waals surface area contributed by atoms with Crippen molar-refractivity contribution < 1.29 is 9.59 Å². The van der Waals surface area contributed by atoms with Crippen molar-refractivity contribution in [3.8, 4) is 0 Å². The molecule has 0 aliphatic carbocycles. The molecular weight excluding hydrogens is 332 g/mol. The lowest BCUT2D eigenvalue weighted by molar-refractivity contribution is -0.105. The van der Waals surface area contributed by atoms with Gasteiger partial charge < -0.3 is 0 Å². The summed E-state index contributed by atoms with van der Waals surface area (Å²) in [5.74, 6) is 0. The molecule has 2 aromatic carbocycles. The summed E-state index contributed by atoms with van der Waals surface area (Å²) in [5, 5.41) is 0. The molecule has 27 heavy (non-hydrogen) atoms. The Bertz CT molecular complexity index is 713. The molecule has 2 nitrogen and oxygen atoms in total. The van der Waals surface area contributed by atoms with Gasteiger partial charge >= 0.3 is 0 Å². The van der Waals surface area contributed by atoms with Gasteiger partial charge in [0.2, 0.25) is 0 Å². The molecule has 2 rings (SSSR count). The average Bonchev–Trinajstić information content (AvgIpc) is 2.72. The molecule has 0 amide bonds. The summed E-state index contributed by atoms with van der Waals surface area (Å²) in [6, 6.07) is 19.8. The Hall–Kier alpha value is -2.74.